The standard InChI is InChI=1S/C13H17N3O3S/c1-18-4-5-19-8-12(17)16-13-10(6-14)9-2-3-15-7-11(9)20-13/h15H,2-5,7-8H2,1H3,(H,16,17). The Morgan fingerprint density at radius 3 is 3.15 bits per heavy atom. The molecule has 7 heteroatoms. The lowest BCUT2D eigenvalue weighted by Crippen LogP contribution is -2.22. The molecule has 0 fully saturated rings. The highest BCUT2D eigenvalue weighted by atomic mass is 32.1. The normalized spacial score (nSPS) is 13.6. The van der Waals surface area contributed by atoms with Gasteiger partial charge in [0.05, 0.1) is 18.8 Å². The van der Waals surface area contributed by atoms with Crippen LogP contribution in [0.15, 0.2) is 0 Å². The molecule has 1 aromatic rings. The van der Waals surface area contributed by atoms with Crippen LogP contribution in [0.5, 0.6) is 0 Å². The minimum absolute atomic E-state index is 0.0327. The number of ether oxygens (including phenoxy) is 2. The molecule has 6 nitrogen and oxygen atoms in total. The van der Waals surface area contributed by atoms with E-state index in [0.29, 0.717) is 23.8 Å². The van der Waals surface area contributed by atoms with Crippen molar-refractivity contribution in [1.29, 1.82) is 5.26 Å². The van der Waals surface area contributed by atoms with Crippen molar-refractivity contribution in [3.63, 3.8) is 0 Å². The molecule has 0 unspecified atom stereocenters. The minimum Gasteiger partial charge on any atom is -0.382 e. The fourth-order valence-corrected chi connectivity index (χ4v) is 3.19. The van der Waals surface area contributed by atoms with E-state index < -0.39 is 0 Å². The Kier molecular flexibility index (Phi) is 5.49. The molecule has 1 aliphatic rings. The van der Waals surface area contributed by atoms with Gasteiger partial charge in [0.15, 0.2) is 0 Å². The maximum absolute atomic E-state index is 11.8. The first-order valence-electron chi connectivity index (χ1n) is 6.38. The molecule has 0 bridgehead atoms. The van der Waals surface area contributed by atoms with Gasteiger partial charge in [-0.1, -0.05) is 0 Å². The Morgan fingerprint density at radius 2 is 2.40 bits per heavy atom. The van der Waals surface area contributed by atoms with Gasteiger partial charge in [-0.3, -0.25) is 4.79 Å². The second-order valence-corrected chi connectivity index (χ2v) is 5.45. The van der Waals surface area contributed by atoms with Crippen molar-refractivity contribution in [2.75, 3.05) is 38.8 Å². The average molecular weight is 295 g/mol. The summed E-state index contributed by atoms with van der Waals surface area (Å²) in [6, 6.07) is 2.19. The van der Waals surface area contributed by atoms with Gasteiger partial charge in [0.25, 0.3) is 5.91 Å². The van der Waals surface area contributed by atoms with Crippen LogP contribution >= 0.6 is 11.3 Å². The van der Waals surface area contributed by atoms with Gasteiger partial charge >= 0.3 is 0 Å². The van der Waals surface area contributed by atoms with Crippen molar-refractivity contribution < 1.29 is 14.3 Å². The van der Waals surface area contributed by atoms with Crippen molar-refractivity contribution in [3.05, 3.63) is 16.0 Å². The first-order chi connectivity index (χ1) is 9.76. The van der Waals surface area contributed by atoms with Gasteiger partial charge in [0.2, 0.25) is 0 Å². The van der Waals surface area contributed by atoms with Gasteiger partial charge in [0.1, 0.15) is 17.7 Å². The molecule has 0 atom stereocenters. The number of nitrogens with one attached hydrogen (secondary N) is 2. The van der Waals surface area contributed by atoms with Crippen LogP contribution in [0.1, 0.15) is 16.0 Å². The van der Waals surface area contributed by atoms with E-state index in [2.05, 4.69) is 16.7 Å². The predicted molar refractivity (Wildman–Crippen MR) is 75.8 cm³/mol. The van der Waals surface area contributed by atoms with Crippen molar-refractivity contribution in [2.45, 2.75) is 13.0 Å². The quantitative estimate of drug-likeness (QED) is 0.761. The van der Waals surface area contributed by atoms with Crippen LogP contribution in [0.25, 0.3) is 0 Å². The van der Waals surface area contributed by atoms with Crippen molar-refractivity contribution >= 4 is 22.2 Å². The molecule has 2 heterocycles. The topological polar surface area (TPSA) is 83.4 Å². The van der Waals surface area contributed by atoms with Crippen molar-refractivity contribution in [2.24, 2.45) is 0 Å². The van der Waals surface area contributed by atoms with Crippen LogP contribution in [0.3, 0.4) is 0 Å². The third-order valence-corrected chi connectivity index (χ3v) is 4.11. The molecule has 108 valence electrons. The summed E-state index contributed by atoms with van der Waals surface area (Å²) in [5.74, 6) is -0.246. The fraction of sp³-hybridized carbons (Fsp3) is 0.538. The number of fused-ring (bicyclic) bond motifs is 1. The van der Waals surface area contributed by atoms with Gasteiger partial charge in [-0.2, -0.15) is 5.26 Å². The molecule has 2 rings (SSSR count). The minimum atomic E-state index is -0.246. The summed E-state index contributed by atoms with van der Waals surface area (Å²) in [6.07, 6.45) is 0.828. The zero-order valence-corrected chi connectivity index (χ0v) is 12.1. The number of hydrogen-bond acceptors (Lipinski definition) is 6. The molecule has 1 aromatic heterocycles. The summed E-state index contributed by atoms with van der Waals surface area (Å²) in [7, 11) is 1.58. The van der Waals surface area contributed by atoms with Gasteiger partial charge in [-0.15, -0.1) is 11.3 Å². The Bertz CT molecular complexity index is 522. The number of rotatable bonds is 6. The second kappa shape index (κ2) is 7.36. The highest BCUT2D eigenvalue weighted by molar-refractivity contribution is 7.16. The lowest BCUT2D eigenvalue weighted by molar-refractivity contribution is -0.121. The number of thiophene rings is 1. The van der Waals surface area contributed by atoms with Gasteiger partial charge in [-0.05, 0) is 18.5 Å². The van der Waals surface area contributed by atoms with Crippen molar-refractivity contribution in [1.82, 2.24) is 5.32 Å². The highest BCUT2D eigenvalue weighted by Gasteiger charge is 2.21. The summed E-state index contributed by atoms with van der Waals surface area (Å²) in [6.45, 7) is 2.42. The number of amides is 1. The Labute approximate surface area is 121 Å². The first kappa shape index (κ1) is 14.9. The number of nitrogens with zero attached hydrogens (tertiary/aromatic N) is 1. The van der Waals surface area contributed by atoms with Crippen LogP contribution < -0.4 is 10.6 Å². The molecule has 0 saturated carbocycles. The Hall–Kier alpha value is -1.46. The number of carbonyl (C=O) groups is 1. The van der Waals surface area contributed by atoms with Crippen LogP contribution in [0.4, 0.5) is 5.00 Å². The van der Waals surface area contributed by atoms with E-state index in [1.54, 1.807) is 7.11 Å². The van der Waals surface area contributed by atoms with E-state index in [-0.39, 0.29) is 12.5 Å². The monoisotopic (exact) mass is 295 g/mol. The molecular weight excluding hydrogens is 278 g/mol. The third-order valence-electron chi connectivity index (χ3n) is 2.96. The average Bonchev–Trinajstić information content (AvgIpc) is 2.80. The molecule has 0 aliphatic carbocycles. The number of hydrogen-bond donors (Lipinski definition) is 2. The molecule has 0 spiro atoms. The van der Waals surface area contributed by atoms with Gasteiger partial charge in [0, 0.05) is 18.5 Å². The van der Waals surface area contributed by atoms with Gasteiger partial charge < -0.3 is 20.1 Å². The summed E-state index contributed by atoms with van der Waals surface area (Å²) >= 11 is 1.46. The molecule has 0 radical (unpaired) electrons. The zero-order valence-electron chi connectivity index (χ0n) is 11.3. The SMILES string of the molecule is COCCOCC(=O)Nc1sc2c(c1C#N)CCNC2. The lowest BCUT2D eigenvalue weighted by atomic mass is 10.1. The molecule has 20 heavy (non-hydrogen) atoms. The zero-order chi connectivity index (χ0) is 14.4. The first-order valence-corrected chi connectivity index (χ1v) is 7.19. The summed E-state index contributed by atoms with van der Waals surface area (Å²) < 4.78 is 9.98. The number of nitriles is 1. The van der Waals surface area contributed by atoms with Crippen LogP contribution in [0, 0.1) is 11.3 Å². The van der Waals surface area contributed by atoms with Crippen LogP contribution in [0.2, 0.25) is 0 Å². The third kappa shape index (κ3) is 3.55. The summed E-state index contributed by atoms with van der Waals surface area (Å²) in [5.41, 5.74) is 1.66. The van der Waals surface area contributed by atoms with Gasteiger partial charge in [-0.25, -0.2) is 0 Å². The molecule has 1 aliphatic heterocycles. The molecule has 0 saturated heterocycles. The molecule has 2 N–H and O–H groups in total. The van der Waals surface area contributed by atoms with E-state index >= 15 is 0 Å². The second-order valence-electron chi connectivity index (χ2n) is 4.34. The summed E-state index contributed by atoms with van der Waals surface area (Å²) in [5, 5.41) is 15.9. The summed E-state index contributed by atoms with van der Waals surface area (Å²) in [4.78, 5) is 12.9. The Morgan fingerprint density at radius 1 is 1.55 bits per heavy atom. The van der Waals surface area contributed by atoms with Crippen LogP contribution in [-0.2, 0) is 27.2 Å². The van der Waals surface area contributed by atoms with E-state index in [0.717, 1.165) is 30.0 Å². The molecule has 0 aromatic carbocycles. The molecular formula is C13H17N3O3S. The number of methoxy groups -OCH3 is 1. The van der Waals surface area contributed by atoms with E-state index in [1.165, 1.54) is 11.3 Å². The predicted octanol–water partition coefficient (Wildman–Crippen LogP) is 0.867. The molecule has 1 amide bonds. The van der Waals surface area contributed by atoms with E-state index in [4.69, 9.17) is 9.47 Å². The van der Waals surface area contributed by atoms with E-state index in [9.17, 15) is 10.1 Å². The lowest BCUT2D eigenvalue weighted by Gasteiger charge is -2.11. The Balaban J connectivity index is 1.97. The van der Waals surface area contributed by atoms with E-state index in [1.807, 2.05) is 0 Å². The maximum atomic E-state index is 11.8. The number of anilines is 1. The highest BCUT2D eigenvalue weighted by Crippen LogP contribution is 2.34. The van der Waals surface area contributed by atoms with Crippen molar-refractivity contribution in [3.8, 4) is 6.07 Å². The fourth-order valence-electron chi connectivity index (χ4n) is 2.01. The number of carbonyl (C=O) groups excluding carboxylic acids is 1. The largest absolute Gasteiger partial charge is 0.382 e. The van der Waals surface area contributed by atoms with Crippen LogP contribution in [-0.4, -0.2) is 39.4 Å². The maximum Gasteiger partial charge on any atom is 0.251 e. The smallest absolute Gasteiger partial charge is 0.251 e.